The summed E-state index contributed by atoms with van der Waals surface area (Å²) >= 11 is 0. The summed E-state index contributed by atoms with van der Waals surface area (Å²) in [6, 6.07) is 20.0. The van der Waals surface area contributed by atoms with Crippen LogP contribution in [-0.4, -0.2) is 5.11 Å². The van der Waals surface area contributed by atoms with E-state index in [1.807, 2.05) is 48.5 Å². The van der Waals surface area contributed by atoms with E-state index in [1.165, 1.54) is 11.1 Å². The summed E-state index contributed by atoms with van der Waals surface area (Å²) in [4.78, 5) is 0. The first-order chi connectivity index (χ1) is 8.75. The first-order valence-corrected chi connectivity index (χ1v) is 6.21. The summed E-state index contributed by atoms with van der Waals surface area (Å²) in [5.74, 6) is 0. The third-order valence-corrected chi connectivity index (χ3v) is 2.91. The quantitative estimate of drug-likeness (QED) is 0.845. The molecular weight excluding hydrogens is 220 g/mol. The number of hydrogen-bond acceptors (Lipinski definition) is 1. The third-order valence-electron chi connectivity index (χ3n) is 2.91. The molecule has 1 N–H and O–H groups in total. The normalized spacial score (nSPS) is 13.3. The molecule has 0 bridgehead atoms. The van der Waals surface area contributed by atoms with Crippen LogP contribution < -0.4 is 0 Å². The van der Waals surface area contributed by atoms with Crippen molar-refractivity contribution in [1.29, 1.82) is 0 Å². The molecule has 0 aliphatic rings. The van der Waals surface area contributed by atoms with E-state index in [0.29, 0.717) is 6.42 Å². The van der Waals surface area contributed by atoms with Crippen LogP contribution in [-0.2, 0) is 0 Å². The molecule has 0 saturated heterocycles. The lowest BCUT2D eigenvalue weighted by Gasteiger charge is -2.11. The van der Waals surface area contributed by atoms with Crippen LogP contribution in [0.5, 0.6) is 0 Å². The number of aliphatic hydroxyl groups excluding tert-OH is 1. The Hall–Kier alpha value is -1.86. The first-order valence-electron chi connectivity index (χ1n) is 6.21. The SMILES string of the molecule is C/C(=C\c1ccccc1)C[C@H](O)c1ccccc1. The van der Waals surface area contributed by atoms with Crippen LogP contribution in [0.25, 0.3) is 6.08 Å². The van der Waals surface area contributed by atoms with Crippen molar-refractivity contribution < 1.29 is 5.11 Å². The van der Waals surface area contributed by atoms with Crippen molar-refractivity contribution in [2.75, 3.05) is 0 Å². The van der Waals surface area contributed by atoms with Crippen molar-refractivity contribution in [2.45, 2.75) is 19.4 Å². The van der Waals surface area contributed by atoms with Crippen molar-refractivity contribution in [3.8, 4) is 0 Å². The van der Waals surface area contributed by atoms with Crippen LogP contribution in [0, 0.1) is 0 Å². The highest BCUT2D eigenvalue weighted by molar-refractivity contribution is 5.52. The maximum atomic E-state index is 10.1. The maximum absolute atomic E-state index is 10.1. The largest absolute Gasteiger partial charge is 0.388 e. The van der Waals surface area contributed by atoms with E-state index in [1.54, 1.807) is 0 Å². The van der Waals surface area contributed by atoms with Crippen LogP contribution in [0.2, 0.25) is 0 Å². The van der Waals surface area contributed by atoms with Gasteiger partial charge in [-0.05, 0) is 24.5 Å². The summed E-state index contributed by atoms with van der Waals surface area (Å²) < 4.78 is 0. The number of aliphatic hydroxyl groups is 1. The topological polar surface area (TPSA) is 20.2 Å². The molecule has 0 aliphatic heterocycles. The van der Waals surface area contributed by atoms with Gasteiger partial charge in [0.2, 0.25) is 0 Å². The van der Waals surface area contributed by atoms with Crippen LogP contribution in [0.3, 0.4) is 0 Å². The van der Waals surface area contributed by atoms with Gasteiger partial charge >= 0.3 is 0 Å². The average Bonchev–Trinajstić information content (AvgIpc) is 2.40. The molecule has 1 atom stereocenters. The second-order valence-corrected chi connectivity index (χ2v) is 4.53. The molecule has 2 rings (SSSR count). The number of benzene rings is 2. The fraction of sp³-hybridized carbons (Fsp3) is 0.176. The van der Waals surface area contributed by atoms with Gasteiger partial charge in [0.25, 0.3) is 0 Å². The van der Waals surface area contributed by atoms with Gasteiger partial charge in [-0.25, -0.2) is 0 Å². The van der Waals surface area contributed by atoms with Gasteiger partial charge in [0.15, 0.2) is 0 Å². The Morgan fingerprint density at radius 2 is 1.56 bits per heavy atom. The number of rotatable bonds is 4. The minimum atomic E-state index is -0.425. The zero-order valence-corrected chi connectivity index (χ0v) is 10.6. The molecule has 2 aromatic rings. The lowest BCUT2D eigenvalue weighted by Crippen LogP contribution is -1.97. The Morgan fingerprint density at radius 1 is 1.00 bits per heavy atom. The minimum Gasteiger partial charge on any atom is -0.388 e. The molecule has 1 heteroatoms. The van der Waals surface area contributed by atoms with Gasteiger partial charge in [-0.3, -0.25) is 0 Å². The predicted octanol–water partition coefficient (Wildman–Crippen LogP) is 4.21. The van der Waals surface area contributed by atoms with E-state index < -0.39 is 6.10 Å². The lowest BCUT2D eigenvalue weighted by molar-refractivity contribution is 0.178. The van der Waals surface area contributed by atoms with Crippen LogP contribution in [0.4, 0.5) is 0 Å². The van der Waals surface area contributed by atoms with Gasteiger partial charge in [0.1, 0.15) is 0 Å². The van der Waals surface area contributed by atoms with Crippen LogP contribution >= 0.6 is 0 Å². The van der Waals surface area contributed by atoms with Gasteiger partial charge in [-0.2, -0.15) is 0 Å². The molecule has 0 fully saturated rings. The average molecular weight is 238 g/mol. The predicted molar refractivity (Wildman–Crippen MR) is 76.1 cm³/mol. The van der Waals surface area contributed by atoms with E-state index in [-0.39, 0.29) is 0 Å². The molecule has 0 spiro atoms. The summed E-state index contributed by atoms with van der Waals surface area (Å²) in [6.07, 6.45) is 2.36. The van der Waals surface area contributed by atoms with Gasteiger partial charge in [-0.15, -0.1) is 0 Å². The molecule has 0 aliphatic carbocycles. The summed E-state index contributed by atoms with van der Waals surface area (Å²) in [5, 5.41) is 10.1. The minimum absolute atomic E-state index is 0.425. The smallest absolute Gasteiger partial charge is 0.0827 e. The zero-order chi connectivity index (χ0) is 12.8. The Morgan fingerprint density at radius 3 is 2.17 bits per heavy atom. The zero-order valence-electron chi connectivity index (χ0n) is 10.6. The van der Waals surface area contributed by atoms with Crippen molar-refractivity contribution in [3.05, 3.63) is 77.4 Å². The van der Waals surface area contributed by atoms with E-state index in [9.17, 15) is 5.11 Å². The molecule has 0 unspecified atom stereocenters. The van der Waals surface area contributed by atoms with Crippen molar-refractivity contribution in [3.63, 3.8) is 0 Å². The Bertz CT molecular complexity index is 500. The fourth-order valence-corrected chi connectivity index (χ4v) is 1.99. The highest BCUT2D eigenvalue weighted by Crippen LogP contribution is 2.21. The number of hydrogen-bond donors (Lipinski definition) is 1. The van der Waals surface area contributed by atoms with Crippen molar-refractivity contribution in [1.82, 2.24) is 0 Å². The molecule has 0 radical (unpaired) electrons. The first kappa shape index (κ1) is 12.6. The summed E-state index contributed by atoms with van der Waals surface area (Å²) in [7, 11) is 0. The van der Waals surface area contributed by atoms with Crippen molar-refractivity contribution >= 4 is 6.08 Å². The fourth-order valence-electron chi connectivity index (χ4n) is 1.99. The van der Waals surface area contributed by atoms with Gasteiger partial charge < -0.3 is 5.11 Å². The monoisotopic (exact) mass is 238 g/mol. The van der Waals surface area contributed by atoms with E-state index in [0.717, 1.165) is 5.56 Å². The Labute approximate surface area is 108 Å². The summed E-state index contributed by atoms with van der Waals surface area (Å²) in [5.41, 5.74) is 3.33. The molecule has 18 heavy (non-hydrogen) atoms. The lowest BCUT2D eigenvalue weighted by atomic mass is 10.0. The molecule has 2 aromatic carbocycles. The highest BCUT2D eigenvalue weighted by Gasteiger charge is 2.07. The van der Waals surface area contributed by atoms with Gasteiger partial charge in [-0.1, -0.05) is 72.3 Å². The Balaban J connectivity index is 2.04. The molecule has 0 amide bonds. The molecule has 0 aromatic heterocycles. The van der Waals surface area contributed by atoms with E-state index >= 15 is 0 Å². The van der Waals surface area contributed by atoms with Crippen LogP contribution in [0.15, 0.2) is 66.2 Å². The molecule has 0 saturated carbocycles. The third kappa shape index (κ3) is 3.57. The molecule has 0 heterocycles. The standard InChI is InChI=1S/C17H18O/c1-14(12-15-8-4-2-5-9-15)13-17(18)16-10-6-3-7-11-16/h2-12,17-18H,13H2,1H3/b14-12+/t17-/m0/s1. The van der Waals surface area contributed by atoms with Crippen molar-refractivity contribution in [2.24, 2.45) is 0 Å². The molecular formula is C17H18O. The second-order valence-electron chi connectivity index (χ2n) is 4.53. The highest BCUT2D eigenvalue weighted by atomic mass is 16.3. The van der Waals surface area contributed by atoms with Gasteiger partial charge in [0.05, 0.1) is 6.10 Å². The molecule has 92 valence electrons. The summed E-state index contributed by atoms with van der Waals surface area (Å²) in [6.45, 7) is 2.05. The van der Waals surface area contributed by atoms with E-state index in [2.05, 4.69) is 25.1 Å². The maximum Gasteiger partial charge on any atom is 0.0827 e. The second kappa shape index (κ2) is 6.18. The van der Waals surface area contributed by atoms with Crippen LogP contribution in [0.1, 0.15) is 30.6 Å². The van der Waals surface area contributed by atoms with Gasteiger partial charge in [0, 0.05) is 0 Å². The molecule has 1 nitrogen and oxygen atoms in total. The van der Waals surface area contributed by atoms with E-state index in [4.69, 9.17) is 0 Å². The Kier molecular flexibility index (Phi) is 4.32.